The van der Waals surface area contributed by atoms with Crippen LogP contribution in [0.25, 0.3) is 0 Å². The number of carbonyl (C=O) groups excluding carboxylic acids is 1. The lowest BCUT2D eigenvalue weighted by atomic mass is 9.63. The van der Waals surface area contributed by atoms with Gasteiger partial charge in [-0.3, -0.25) is 0 Å². The van der Waals surface area contributed by atoms with Crippen LogP contribution >= 0.6 is 0 Å². The fraction of sp³-hybridized carbons (Fsp3) is 0.710. The van der Waals surface area contributed by atoms with Crippen molar-refractivity contribution in [2.75, 3.05) is 6.61 Å². The molecular formula is C31H48O5. The molecule has 0 aromatic heterocycles. The minimum atomic E-state index is -0.668. The summed E-state index contributed by atoms with van der Waals surface area (Å²) in [6.45, 7) is 18.7. The van der Waals surface area contributed by atoms with Crippen LogP contribution in [0, 0.1) is 16.7 Å². The van der Waals surface area contributed by atoms with Gasteiger partial charge < -0.3 is 19.7 Å². The van der Waals surface area contributed by atoms with Gasteiger partial charge in [0.1, 0.15) is 12.2 Å². The minimum Gasteiger partial charge on any atom is -0.458 e. The van der Waals surface area contributed by atoms with Crippen LogP contribution < -0.4 is 0 Å². The molecule has 0 spiro atoms. The molecule has 2 saturated carbocycles. The van der Waals surface area contributed by atoms with Crippen LogP contribution in [-0.2, 0) is 14.3 Å². The molecule has 3 rings (SSSR count). The number of hydrogen-bond acceptors (Lipinski definition) is 5. The summed E-state index contributed by atoms with van der Waals surface area (Å²) < 4.78 is 11.8. The molecule has 36 heavy (non-hydrogen) atoms. The van der Waals surface area contributed by atoms with E-state index in [2.05, 4.69) is 52.5 Å². The Bertz CT molecular complexity index is 931. The van der Waals surface area contributed by atoms with E-state index in [1.807, 2.05) is 20.8 Å². The fourth-order valence-corrected chi connectivity index (χ4v) is 6.88. The van der Waals surface area contributed by atoms with Crippen molar-refractivity contribution in [3.05, 3.63) is 47.1 Å². The third-order valence-electron chi connectivity index (χ3n) is 8.11. The van der Waals surface area contributed by atoms with Crippen LogP contribution in [0.3, 0.4) is 0 Å². The Labute approximate surface area is 218 Å². The summed E-state index contributed by atoms with van der Waals surface area (Å²) in [6, 6.07) is 0. The van der Waals surface area contributed by atoms with E-state index >= 15 is 0 Å². The Balaban J connectivity index is 1.63. The van der Waals surface area contributed by atoms with Crippen LogP contribution in [0.15, 0.2) is 47.1 Å². The summed E-state index contributed by atoms with van der Waals surface area (Å²) in [7, 11) is 0. The van der Waals surface area contributed by atoms with Gasteiger partial charge in [0.25, 0.3) is 0 Å². The first-order valence-electron chi connectivity index (χ1n) is 13.6. The molecule has 0 bridgehead atoms. The van der Waals surface area contributed by atoms with Gasteiger partial charge in [0.15, 0.2) is 0 Å². The number of aliphatic hydroxyl groups excluding tert-OH is 2. The van der Waals surface area contributed by atoms with Gasteiger partial charge in [-0.2, -0.15) is 0 Å². The molecule has 5 atom stereocenters. The largest absolute Gasteiger partial charge is 0.458 e. The van der Waals surface area contributed by atoms with Crippen LogP contribution in [0.1, 0.15) is 93.4 Å². The Morgan fingerprint density at radius 2 is 1.94 bits per heavy atom. The lowest BCUT2D eigenvalue weighted by Crippen LogP contribution is -2.36. The normalized spacial score (nSPS) is 32.4. The third kappa shape index (κ3) is 6.99. The maximum Gasteiger partial charge on any atom is 0.332 e. The first-order chi connectivity index (χ1) is 16.6. The van der Waals surface area contributed by atoms with Crippen molar-refractivity contribution in [2.24, 2.45) is 16.7 Å². The molecule has 202 valence electrons. The third-order valence-corrected chi connectivity index (χ3v) is 8.11. The van der Waals surface area contributed by atoms with E-state index in [0.717, 1.165) is 43.3 Å². The molecule has 0 amide bonds. The predicted molar refractivity (Wildman–Crippen MR) is 144 cm³/mol. The zero-order valence-corrected chi connectivity index (χ0v) is 23.5. The first kappa shape index (κ1) is 28.9. The average Bonchev–Trinajstić information content (AvgIpc) is 3.09. The summed E-state index contributed by atoms with van der Waals surface area (Å²) >= 11 is 0. The SMILES string of the molecule is C=C1/C(=C\C=C2/CCC[C@]3(C)C(C(C)OCC(=O)OC(C)(C)CC(C)(C)C)=CC[C@@H]23)C[C@@H](O)C[C@@H]1O. The zero-order valence-electron chi connectivity index (χ0n) is 23.5. The number of carbonyl (C=O) groups is 1. The maximum atomic E-state index is 12.6. The number of fused-ring (bicyclic) bond motifs is 1. The maximum absolute atomic E-state index is 12.6. The van der Waals surface area contributed by atoms with Gasteiger partial charge in [0, 0.05) is 6.42 Å². The standard InChI is InChI=1S/C31H48O5/c1-20-23(16-24(32)17-27(20)33)12-11-22-10-9-15-31(8)25(13-14-26(22)31)21(2)35-18-28(34)36-30(6,7)19-29(3,4)5/h11-13,21,24,26-27,32-33H,1,9-10,14-19H2,2-8H3/b22-11+,23-12-/t21?,24-,26+,27+,31-/m1/s1. The second-order valence-corrected chi connectivity index (χ2v) is 13.2. The van der Waals surface area contributed by atoms with E-state index in [0.29, 0.717) is 18.8 Å². The second-order valence-electron chi connectivity index (χ2n) is 13.2. The number of hydrogen-bond donors (Lipinski definition) is 2. The van der Waals surface area contributed by atoms with Crippen molar-refractivity contribution in [2.45, 2.75) is 117 Å². The van der Waals surface area contributed by atoms with Crippen molar-refractivity contribution >= 4 is 5.97 Å². The highest BCUT2D eigenvalue weighted by Gasteiger charge is 2.46. The summed E-state index contributed by atoms with van der Waals surface area (Å²) in [6.07, 6.45) is 11.1. The zero-order chi connectivity index (χ0) is 26.9. The van der Waals surface area contributed by atoms with Crippen molar-refractivity contribution in [3.8, 4) is 0 Å². The van der Waals surface area contributed by atoms with E-state index in [9.17, 15) is 15.0 Å². The van der Waals surface area contributed by atoms with Crippen molar-refractivity contribution in [3.63, 3.8) is 0 Å². The summed E-state index contributed by atoms with van der Waals surface area (Å²) in [4.78, 5) is 12.6. The van der Waals surface area contributed by atoms with Crippen LogP contribution in [0.5, 0.6) is 0 Å². The van der Waals surface area contributed by atoms with Crippen LogP contribution in [0.4, 0.5) is 0 Å². The van der Waals surface area contributed by atoms with Crippen LogP contribution in [0.2, 0.25) is 0 Å². The molecule has 0 aliphatic heterocycles. The minimum absolute atomic E-state index is 0.0000184. The number of allylic oxidation sites excluding steroid dienone is 4. The summed E-state index contributed by atoms with van der Waals surface area (Å²) in [5, 5.41) is 20.2. The molecule has 0 heterocycles. The van der Waals surface area contributed by atoms with E-state index in [4.69, 9.17) is 9.47 Å². The summed E-state index contributed by atoms with van der Waals surface area (Å²) in [5.74, 6) is 0.0814. The predicted octanol–water partition coefficient (Wildman–Crippen LogP) is 6.21. The molecule has 0 saturated heterocycles. The molecule has 3 aliphatic rings. The molecule has 5 nitrogen and oxygen atoms in total. The molecule has 0 aromatic carbocycles. The van der Waals surface area contributed by atoms with Crippen molar-refractivity contribution in [1.82, 2.24) is 0 Å². The molecule has 3 aliphatic carbocycles. The highest BCUT2D eigenvalue weighted by molar-refractivity contribution is 5.71. The lowest BCUT2D eigenvalue weighted by Gasteiger charge is -2.42. The number of esters is 1. The fourth-order valence-electron chi connectivity index (χ4n) is 6.88. The van der Waals surface area contributed by atoms with E-state index in [-0.39, 0.29) is 29.5 Å². The van der Waals surface area contributed by atoms with Gasteiger partial charge >= 0.3 is 5.97 Å². The smallest absolute Gasteiger partial charge is 0.332 e. The molecule has 1 unspecified atom stereocenters. The number of rotatable bonds is 7. The molecule has 2 fully saturated rings. The lowest BCUT2D eigenvalue weighted by molar-refractivity contribution is -0.165. The van der Waals surface area contributed by atoms with Gasteiger partial charge in [-0.25, -0.2) is 4.79 Å². The van der Waals surface area contributed by atoms with Crippen molar-refractivity contribution in [1.29, 1.82) is 0 Å². The highest BCUT2D eigenvalue weighted by atomic mass is 16.6. The second kappa shape index (κ2) is 11.0. The Hall–Kier alpha value is -1.69. The van der Waals surface area contributed by atoms with E-state index in [1.165, 1.54) is 11.1 Å². The number of aliphatic hydroxyl groups is 2. The molecule has 0 aromatic rings. The Morgan fingerprint density at radius 1 is 1.25 bits per heavy atom. The first-order valence-corrected chi connectivity index (χ1v) is 13.6. The van der Waals surface area contributed by atoms with Crippen molar-refractivity contribution < 1.29 is 24.5 Å². The van der Waals surface area contributed by atoms with Gasteiger partial charge in [0.2, 0.25) is 0 Å². The van der Waals surface area contributed by atoms with Gasteiger partial charge in [-0.15, -0.1) is 0 Å². The van der Waals surface area contributed by atoms with Gasteiger partial charge in [-0.05, 0) is 92.8 Å². The molecular weight excluding hydrogens is 452 g/mol. The number of ether oxygens (including phenoxy) is 2. The molecule has 5 heteroatoms. The van der Waals surface area contributed by atoms with Gasteiger partial charge in [-0.1, -0.05) is 58.1 Å². The quantitative estimate of drug-likeness (QED) is 0.321. The Morgan fingerprint density at radius 3 is 2.61 bits per heavy atom. The average molecular weight is 501 g/mol. The van der Waals surface area contributed by atoms with E-state index in [1.54, 1.807) is 0 Å². The van der Waals surface area contributed by atoms with Crippen LogP contribution in [-0.4, -0.2) is 46.7 Å². The molecule has 2 N–H and O–H groups in total. The highest BCUT2D eigenvalue weighted by Crippen LogP contribution is 2.55. The molecule has 0 radical (unpaired) electrons. The van der Waals surface area contributed by atoms with Gasteiger partial charge in [0.05, 0.1) is 18.3 Å². The monoisotopic (exact) mass is 500 g/mol. The topological polar surface area (TPSA) is 76.0 Å². The van der Waals surface area contributed by atoms with E-state index < -0.39 is 17.8 Å². The Kier molecular flexibility index (Phi) is 8.80. The summed E-state index contributed by atoms with van der Waals surface area (Å²) in [5.41, 5.74) is 3.89.